The van der Waals surface area contributed by atoms with Crippen LogP contribution >= 0.6 is 0 Å². The molecule has 0 aliphatic heterocycles. The number of benzene rings is 1. The number of halogens is 1. The highest BCUT2D eigenvalue weighted by Crippen LogP contribution is 2.31. The van der Waals surface area contributed by atoms with E-state index in [1.165, 1.54) is 26.4 Å². The van der Waals surface area contributed by atoms with Gasteiger partial charge >= 0.3 is 5.97 Å². The van der Waals surface area contributed by atoms with Crippen LogP contribution in [0.2, 0.25) is 0 Å². The van der Waals surface area contributed by atoms with Crippen molar-refractivity contribution in [2.45, 2.75) is 20.3 Å². The lowest BCUT2D eigenvalue weighted by Gasteiger charge is -2.20. The maximum atomic E-state index is 14.0. The highest BCUT2D eigenvalue weighted by Gasteiger charge is 2.29. The first-order valence-electron chi connectivity index (χ1n) is 5.45. The van der Waals surface area contributed by atoms with Crippen LogP contribution in [-0.4, -0.2) is 25.3 Å². The fraction of sp³-hybridized carbons (Fsp3) is 0.462. The summed E-state index contributed by atoms with van der Waals surface area (Å²) in [6, 6.07) is 2.91. The van der Waals surface area contributed by atoms with Gasteiger partial charge in [0.2, 0.25) is 0 Å². The molecule has 1 aromatic rings. The van der Waals surface area contributed by atoms with Gasteiger partial charge in [-0.05, 0) is 31.9 Å². The van der Waals surface area contributed by atoms with Crippen molar-refractivity contribution in [3.8, 4) is 11.5 Å². The van der Waals surface area contributed by atoms with Gasteiger partial charge in [-0.1, -0.05) is 0 Å². The average molecular weight is 256 g/mol. The summed E-state index contributed by atoms with van der Waals surface area (Å²) in [5.74, 6) is -1.05. The molecule has 18 heavy (non-hydrogen) atoms. The molecule has 1 aromatic carbocycles. The smallest absolute Gasteiger partial charge is 0.309 e. The second-order valence-corrected chi connectivity index (χ2v) is 4.67. The third-order valence-electron chi connectivity index (χ3n) is 2.76. The van der Waals surface area contributed by atoms with E-state index in [9.17, 15) is 9.18 Å². The van der Waals surface area contributed by atoms with Crippen LogP contribution in [0, 0.1) is 11.2 Å². The third-order valence-corrected chi connectivity index (χ3v) is 2.76. The Morgan fingerprint density at radius 2 is 1.94 bits per heavy atom. The Bertz CT molecular complexity index is 455. The first-order chi connectivity index (χ1) is 8.31. The molecule has 0 aliphatic rings. The molecule has 1 N–H and O–H groups in total. The zero-order valence-corrected chi connectivity index (χ0v) is 10.9. The number of rotatable bonds is 5. The van der Waals surface area contributed by atoms with Crippen molar-refractivity contribution in [3.05, 3.63) is 23.5 Å². The molecule has 0 fully saturated rings. The van der Waals surface area contributed by atoms with Crippen LogP contribution in [0.25, 0.3) is 0 Å². The quantitative estimate of drug-likeness (QED) is 0.879. The van der Waals surface area contributed by atoms with Gasteiger partial charge in [0.05, 0.1) is 19.6 Å². The lowest BCUT2D eigenvalue weighted by molar-refractivity contribution is -0.146. The number of methoxy groups -OCH3 is 2. The Hall–Kier alpha value is -1.78. The minimum absolute atomic E-state index is 0.0468. The van der Waals surface area contributed by atoms with E-state index in [1.54, 1.807) is 13.8 Å². The van der Waals surface area contributed by atoms with Gasteiger partial charge in [0.1, 0.15) is 5.75 Å². The molecule has 0 radical (unpaired) electrons. The Morgan fingerprint density at radius 3 is 2.39 bits per heavy atom. The van der Waals surface area contributed by atoms with Crippen LogP contribution in [0.4, 0.5) is 4.39 Å². The van der Waals surface area contributed by atoms with Crippen molar-refractivity contribution >= 4 is 5.97 Å². The van der Waals surface area contributed by atoms with Crippen molar-refractivity contribution < 1.29 is 23.8 Å². The van der Waals surface area contributed by atoms with Crippen molar-refractivity contribution in [1.29, 1.82) is 0 Å². The zero-order valence-electron chi connectivity index (χ0n) is 10.9. The first-order valence-corrected chi connectivity index (χ1v) is 5.45. The van der Waals surface area contributed by atoms with E-state index in [1.807, 2.05) is 0 Å². The summed E-state index contributed by atoms with van der Waals surface area (Å²) in [5, 5.41) is 9.06. The fourth-order valence-electron chi connectivity index (χ4n) is 1.57. The summed E-state index contributed by atoms with van der Waals surface area (Å²) in [7, 11) is 2.81. The largest absolute Gasteiger partial charge is 0.497 e. The van der Waals surface area contributed by atoms with E-state index in [0.29, 0.717) is 5.75 Å². The summed E-state index contributed by atoms with van der Waals surface area (Å²) < 4.78 is 23.9. The minimum Gasteiger partial charge on any atom is -0.497 e. The maximum Gasteiger partial charge on any atom is 0.309 e. The molecule has 4 nitrogen and oxygen atoms in total. The van der Waals surface area contributed by atoms with Crippen molar-refractivity contribution in [2.24, 2.45) is 5.41 Å². The molecule has 0 atom stereocenters. The van der Waals surface area contributed by atoms with Gasteiger partial charge in [-0.25, -0.2) is 4.39 Å². The molecule has 0 heterocycles. The molecule has 1 rings (SSSR count). The molecular formula is C13H17FO4. The fourth-order valence-corrected chi connectivity index (χ4v) is 1.57. The van der Waals surface area contributed by atoms with E-state index in [4.69, 9.17) is 14.6 Å². The van der Waals surface area contributed by atoms with Crippen LogP contribution in [0.3, 0.4) is 0 Å². The van der Waals surface area contributed by atoms with Crippen LogP contribution in [0.1, 0.15) is 19.4 Å². The molecule has 0 spiro atoms. The van der Waals surface area contributed by atoms with Crippen LogP contribution in [0.5, 0.6) is 11.5 Å². The first kappa shape index (κ1) is 14.3. The summed E-state index contributed by atoms with van der Waals surface area (Å²) in [6.45, 7) is 3.08. The number of carboxylic acid groups (broad SMARTS) is 1. The van der Waals surface area contributed by atoms with E-state index in [0.717, 1.165) is 0 Å². The number of carboxylic acids is 1. The standard InChI is InChI=1S/C13H17FO4/c1-13(2,12(15)16)7-8-5-9(17-3)6-10(18-4)11(8)14/h5-6H,7H2,1-4H3,(H,15,16). The lowest BCUT2D eigenvalue weighted by Crippen LogP contribution is -2.26. The van der Waals surface area contributed by atoms with Gasteiger partial charge in [-0.15, -0.1) is 0 Å². The number of carbonyl (C=O) groups is 1. The van der Waals surface area contributed by atoms with Gasteiger partial charge in [0.25, 0.3) is 0 Å². The van der Waals surface area contributed by atoms with Gasteiger partial charge in [0, 0.05) is 6.07 Å². The Balaban J connectivity index is 3.19. The molecular weight excluding hydrogens is 239 g/mol. The molecule has 0 unspecified atom stereocenters. The predicted molar refractivity (Wildman–Crippen MR) is 64.6 cm³/mol. The Morgan fingerprint density at radius 1 is 1.33 bits per heavy atom. The molecule has 5 heteroatoms. The summed E-state index contributed by atoms with van der Waals surface area (Å²) in [4.78, 5) is 11.1. The normalized spacial score (nSPS) is 11.2. The second kappa shape index (κ2) is 5.25. The third kappa shape index (κ3) is 2.91. The number of hydrogen-bond acceptors (Lipinski definition) is 3. The molecule has 0 bridgehead atoms. The zero-order chi connectivity index (χ0) is 13.9. The molecule has 0 aliphatic carbocycles. The maximum absolute atomic E-state index is 14.0. The Kier molecular flexibility index (Phi) is 4.16. The summed E-state index contributed by atoms with van der Waals surface area (Å²) >= 11 is 0. The second-order valence-electron chi connectivity index (χ2n) is 4.67. The summed E-state index contributed by atoms with van der Waals surface area (Å²) in [5.41, 5.74) is -0.795. The molecule has 0 aromatic heterocycles. The van der Waals surface area contributed by atoms with Crippen molar-refractivity contribution in [3.63, 3.8) is 0 Å². The van der Waals surface area contributed by atoms with Crippen LogP contribution in [-0.2, 0) is 11.2 Å². The Labute approximate surface area is 105 Å². The average Bonchev–Trinajstić information content (AvgIpc) is 2.31. The van der Waals surface area contributed by atoms with Crippen molar-refractivity contribution in [1.82, 2.24) is 0 Å². The molecule has 100 valence electrons. The van der Waals surface area contributed by atoms with Crippen LogP contribution < -0.4 is 9.47 Å². The van der Waals surface area contributed by atoms with Crippen molar-refractivity contribution in [2.75, 3.05) is 14.2 Å². The van der Waals surface area contributed by atoms with Gasteiger partial charge in [0.15, 0.2) is 11.6 Å². The monoisotopic (exact) mass is 256 g/mol. The van der Waals surface area contributed by atoms with E-state index in [-0.39, 0.29) is 17.7 Å². The molecule has 0 saturated heterocycles. The molecule has 0 saturated carbocycles. The highest BCUT2D eigenvalue weighted by molar-refractivity contribution is 5.74. The van der Waals surface area contributed by atoms with Gasteiger partial charge in [-0.3, -0.25) is 4.79 Å². The summed E-state index contributed by atoms with van der Waals surface area (Å²) in [6.07, 6.45) is 0.0573. The minimum atomic E-state index is -1.06. The van der Waals surface area contributed by atoms with Gasteiger partial charge in [-0.2, -0.15) is 0 Å². The van der Waals surface area contributed by atoms with E-state index in [2.05, 4.69) is 0 Å². The van der Waals surface area contributed by atoms with Crippen LogP contribution in [0.15, 0.2) is 12.1 Å². The highest BCUT2D eigenvalue weighted by atomic mass is 19.1. The predicted octanol–water partition coefficient (Wildman–Crippen LogP) is 2.50. The lowest BCUT2D eigenvalue weighted by atomic mass is 9.85. The van der Waals surface area contributed by atoms with E-state index >= 15 is 0 Å². The number of aliphatic carboxylic acids is 1. The number of ether oxygens (including phenoxy) is 2. The number of hydrogen-bond donors (Lipinski definition) is 1. The van der Waals surface area contributed by atoms with Gasteiger partial charge < -0.3 is 14.6 Å². The topological polar surface area (TPSA) is 55.8 Å². The SMILES string of the molecule is COc1cc(CC(C)(C)C(=O)O)c(F)c(OC)c1. The molecule has 0 amide bonds. The van der Waals surface area contributed by atoms with E-state index < -0.39 is 17.2 Å².